The molecule has 5 nitrogen and oxygen atoms in total. The molecule has 2 rings (SSSR count). The van der Waals surface area contributed by atoms with E-state index in [1.165, 1.54) is 0 Å². The Balaban J connectivity index is 2.04. The summed E-state index contributed by atoms with van der Waals surface area (Å²) in [5.74, 6) is 0.256. The highest BCUT2D eigenvalue weighted by Gasteiger charge is 2.07. The van der Waals surface area contributed by atoms with Gasteiger partial charge in [0.15, 0.2) is 0 Å². The van der Waals surface area contributed by atoms with Gasteiger partial charge in [-0.25, -0.2) is 9.59 Å². The van der Waals surface area contributed by atoms with Crippen LogP contribution in [0, 0.1) is 6.92 Å². The first-order valence-corrected chi connectivity index (χ1v) is 8.81. The minimum absolute atomic E-state index is 0.151. The molecule has 5 heteroatoms. The number of aryl methyl sites for hydroxylation is 1. The van der Waals surface area contributed by atoms with Crippen LogP contribution in [0.5, 0.6) is 11.5 Å². The molecule has 2 aromatic rings. The highest BCUT2D eigenvalue weighted by atomic mass is 16.6. The van der Waals surface area contributed by atoms with Gasteiger partial charge in [-0.15, -0.1) is 0 Å². The third-order valence-electron chi connectivity index (χ3n) is 3.73. The summed E-state index contributed by atoms with van der Waals surface area (Å²) in [6, 6.07) is 13.0. The second-order valence-corrected chi connectivity index (χ2v) is 6.49. The molecule has 0 saturated carbocycles. The number of benzene rings is 2. The van der Waals surface area contributed by atoms with E-state index >= 15 is 0 Å². The molecule has 0 fully saturated rings. The number of carbonyl (C=O) groups is 2. The molecule has 0 aliphatic heterocycles. The molecule has 0 aromatic heterocycles. The summed E-state index contributed by atoms with van der Waals surface area (Å²) < 4.78 is 15.9. The summed E-state index contributed by atoms with van der Waals surface area (Å²) in [6.45, 7) is 12.7. The summed E-state index contributed by atoms with van der Waals surface area (Å²) >= 11 is 0. The van der Waals surface area contributed by atoms with Crippen molar-refractivity contribution >= 4 is 11.9 Å². The maximum absolute atomic E-state index is 11.6. The Morgan fingerprint density at radius 3 is 2.07 bits per heavy atom. The molecule has 2 aromatic carbocycles. The summed E-state index contributed by atoms with van der Waals surface area (Å²) in [7, 11) is 0. The van der Waals surface area contributed by atoms with Crippen LogP contribution in [0.25, 0.3) is 11.1 Å². The Hall–Kier alpha value is -3.34. The third kappa shape index (κ3) is 6.13. The van der Waals surface area contributed by atoms with Gasteiger partial charge >= 0.3 is 11.9 Å². The van der Waals surface area contributed by atoms with Crippen molar-refractivity contribution < 1.29 is 23.8 Å². The van der Waals surface area contributed by atoms with Crippen LogP contribution in [-0.2, 0) is 14.3 Å². The van der Waals surface area contributed by atoms with E-state index < -0.39 is 11.9 Å². The predicted molar refractivity (Wildman–Crippen MR) is 108 cm³/mol. The van der Waals surface area contributed by atoms with Crippen LogP contribution < -0.4 is 9.47 Å². The van der Waals surface area contributed by atoms with Gasteiger partial charge in [-0.05, 0) is 61.7 Å². The van der Waals surface area contributed by atoms with E-state index in [1.54, 1.807) is 26.0 Å². The zero-order chi connectivity index (χ0) is 20.7. The lowest BCUT2D eigenvalue weighted by Gasteiger charge is -2.11. The molecular formula is C23H24O5. The maximum atomic E-state index is 11.6. The average Bonchev–Trinajstić information content (AvgIpc) is 2.65. The number of ether oxygens (including phenoxy) is 3. The fraction of sp³-hybridized carbons (Fsp3) is 0.217. The largest absolute Gasteiger partial charge is 0.490 e. The van der Waals surface area contributed by atoms with E-state index in [2.05, 4.69) is 13.2 Å². The molecule has 0 bridgehead atoms. The van der Waals surface area contributed by atoms with Crippen LogP contribution in [0.2, 0.25) is 0 Å². The Bertz CT molecular complexity index is 894. The smallest absolute Gasteiger partial charge is 0.338 e. The first-order chi connectivity index (χ1) is 13.3. The number of carbonyl (C=O) groups excluding carboxylic acids is 2. The van der Waals surface area contributed by atoms with Crippen LogP contribution in [0.1, 0.15) is 19.4 Å². The summed E-state index contributed by atoms with van der Waals surface area (Å²) in [5.41, 5.74) is 3.65. The minimum atomic E-state index is -0.452. The van der Waals surface area contributed by atoms with E-state index in [0.717, 1.165) is 16.7 Å². The quantitative estimate of drug-likeness (QED) is 0.289. The molecule has 0 aliphatic rings. The van der Waals surface area contributed by atoms with Crippen molar-refractivity contribution in [2.75, 3.05) is 13.2 Å². The molecule has 28 heavy (non-hydrogen) atoms. The molecule has 0 N–H and O–H groups in total. The lowest BCUT2D eigenvalue weighted by molar-refractivity contribution is -0.139. The Kier molecular flexibility index (Phi) is 7.15. The normalized spacial score (nSPS) is 10.1. The molecule has 0 spiro atoms. The van der Waals surface area contributed by atoms with E-state index in [1.807, 2.05) is 37.3 Å². The maximum Gasteiger partial charge on any atom is 0.338 e. The number of hydrogen-bond acceptors (Lipinski definition) is 5. The molecule has 0 atom stereocenters. The van der Waals surface area contributed by atoms with Gasteiger partial charge in [0.25, 0.3) is 0 Å². The third-order valence-corrected chi connectivity index (χ3v) is 3.73. The molecule has 0 amide bonds. The monoisotopic (exact) mass is 380 g/mol. The zero-order valence-corrected chi connectivity index (χ0v) is 16.4. The number of rotatable bonds is 8. The van der Waals surface area contributed by atoms with Gasteiger partial charge in [-0.1, -0.05) is 31.4 Å². The second kappa shape index (κ2) is 9.55. The van der Waals surface area contributed by atoms with Gasteiger partial charge in [0.1, 0.15) is 24.7 Å². The number of hydrogen-bond donors (Lipinski definition) is 0. The molecule has 0 heterocycles. The van der Waals surface area contributed by atoms with E-state index in [-0.39, 0.29) is 13.2 Å². The van der Waals surface area contributed by atoms with Gasteiger partial charge in [0.2, 0.25) is 0 Å². The van der Waals surface area contributed by atoms with E-state index in [4.69, 9.17) is 14.2 Å². The molecular weight excluding hydrogens is 356 g/mol. The van der Waals surface area contributed by atoms with Crippen LogP contribution in [0.15, 0.2) is 66.8 Å². The summed E-state index contributed by atoms with van der Waals surface area (Å²) in [4.78, 5) is 23.0. The van der Waals surface area contributed by atoms with Gasteiger partial charge in [0.05, 0.1) is 0 Å². The van der Waals surface area contributed by atoms with Gasteiger partial charge in [-0.2, -0.15) is 0 Å². The van der Waals surface area contributed by atoms with Crippen LogP contribution in [0.4, 0.5) is 0 Å². The molecule has 0 radical (unpaired) electrons. The first kappa shape index (κ1) is 21.0. The minimum Gasteiger partial charge on any atom is -0.490 e. The van der Waals surface area contributed by atoms with Gasteiger partial charge in [-0.3, -0.25) is 0 Å². The van der Waals surface area contributed by atoms with E-state index in [0.29, 0.717) is 22.6 Å². The Morgan fingerprint density at radius 2 is 1.46 bits per heavy atom. The molecule has 0 unspecified atom stereocenters. The fourth-order valence-corrected chi connectivity index (χ4v) is 2.32. The van der Waals surface area contributed by atoms with Gasteiger partial charge < -0.3 is 14.2 Å². The highest BCUT2D eigenvalue weighted by molar-refractivity contribution is 5.88. The van der Waals surface area contributed by atoms with Crippen molar-refractivity contribution in [1.82, 2.24) is 0 Å². The van der Waals surface area contributed by atoms with Crippen molar-refractivity contribution in [2.24, 2.45) is 0 Å². The summed E-state index contributed by atoms with van der Waals surface area (Å²) in [6.07, 6.45) is 0. The van der Waals surface area contributed by atoms with Crippen LogP contribution in [-0.4, -0.2) is 25.2 Å². The SMILES string of the molecule is C=C(C)C(=O)OCCOc1cc(C)cc(-c2ccc(OC(=O)C(=C)C)cc2)c1. The Morgan fingerprint density at radius 1 is 0.821 bits per heavy atom. The summed E-state index contributed by atoms with van der Waals surface area (Å²) in [5, 5.41) is 0. The number of esters is 2. The van der Waals surface area contributed by atoms with Crippen LogP contribution in [0.3, 0.4) is 0 Å². The lowest BCUT2D eigenvalue weighted by Crippen LogP contribution is -2.12. The second-order valence-electron chi connectivity index (χ2n) is 6.49. The van der Waals surface area contributed by atoms with Crippen molar-refractivity contribution in [3.05, 3.63) is 72.3 Å². The lowest BCUT2D eigenvalue weighted by atomic mass is 10.0. The topological polar surface area (TPSA) is 61.8 Å². The molecule has 0 aliphatic carbocycles. The molecule has 0 saturated heterocycles. The predicted octanol–water partition coefficient (Wildman–Crippen LogP) is 4.64. The Labute approximate surface area is 165 Å². The standard InChI is InChI=1S/C23H24O5/c1-15(2)22(24)27-11-10-26-21-13-17(5)12-19(14-21)18-6-8-20(9-7-18)28-23(25)16(3)4/h6-9,12-14H,1,3,10-11H2,2,4-5H3. The van der Waals surface area contributed by atoms with Crippen LogP contribution >= 0.6 is 0 Å². The first-order valence-electron chi connectivity index (χ1n) is 8.81. The van der Waals surface area contributed by atoms with Crippen molar-refractivity contribution in [2.45, 2.75) is 20.8 Å². The molecule has 146 valence electrons. The van der Waals surface area contributed by atoms with Crippen molar-refractivity contribution in [3.63, 3.8) is 0 Å². The zero-order valence-electron chi connectivity index (χ0n) is 16.4. The van der Waals surface area contributed by atoms with E-state index in [9.17, 15) is 9.59 Å². The fourth-order valence-electron chi connectivity index (χ4n) is 2.32. The average molecular weight is 380 g/mol. The van der Waals surface area contributed by atoms with Crippen molar-refractivity contribution in [3.8, 4) is 22.6 Å². The highest BCUT2D eigenvalue weighted by Crippen LogP contribution is 2.27. The van der Waals surface area contributed by atoms with Crippen molar-refractivity contribution in [1.29, 1.82) is 0 Å². The van der Waals surface area contributed by atoms with Gasteiger partial charge in [0, 0.05) is 11.1 Å².